The number of hydrogen-bond donors (Lipinski definition) is 0. The van der Waals surface area contributed by atoms with Gasteiger partial charge in [-0.15, -0.1) is 0 Å². The van der Waals surface area contributed by atoms with Crippen LogP contribution in [0.3, 0.4) is 0 Å². The van der Waals surface area contributed by atoms with Crippen LogP contribution in [0.1, 0.15) is 51.4 Å². The Morgan fingerprint density at radius 3 is 2.21 bits per heavy atom. The molecule has 0 amide bonds. The van der Waals surface area contributed by atoms with Gasteiger partial charge in [-0.05, 0) is 58.4 Å². The van der Waals surface area contributed by atoms with Crippen LogP contribution in [-0.2, 0) is 4.74 Å². The zero-order valence-electron chi connectivity index (χ0n) is 12.5. The molecule has 0 fully saturated rings. The number of hydrogen-bond acceptors (Lipinski definition) is 3. The van der Waals surface area contributed by atoms with Gasteiger partial charge in [0.2, 0.25) is 0 Å². The molecular weight excluding hydrogens is 240 g/mol. The molecule has 0 saturated heterocycles. The third-order valence-electron chi connectivity index (χ3n) is 3.11. The van der Waals surface area contributed by atoms with Gasteiger partial charge in [0.25, 0.3) is 0 Å². The Labute approximate surface area is 115 Å². The summed E-state index contributed by atoms with van der Waals surface area (Å²) in [7, 11) is 0. The van der Waals surface area contributed by atoms with Crippen LogP contribution in [0, 0.1) is 0 Å². The van der Waals surface area contributed by atoms with E-state index in [1.54, 1.807) is 12.1 Å². The van der Waals surface area contributed by atoms with Crippen LogP contribution >= 0.6 is 0 Å². The van der Waals surface area contributed by atoms with E-state index >= 15 is 0 Å². The topological polar surface area (TPSA) is 35.5 Å². The molecule has 1 aromatic rings. The monoisotopic (exact) mass is 264 g/mol. The molecule has 0 bridgehead atoms. The van der Waals surface area contributed by atoms with E-state index in [9.17, 15) is 4.79 Å². The van der Waals surface area contributed by atoms with E-state index in [1.807, 2.05) is 46.8 Å². The lowest BCUT2D eigenvalue weighted by Gasteiger charge is -2.26. The Hall–Kier alpha value is -1.35. The summed E-state index contributed by atoms with van der Waals surface area (Å²) >= 11 is 0. The molecule has 3 heteroatoms. The van der Waals surface area contributed by atoms with Crippen molar-refractivity contribution in [2.24, 2.45) is 0 Å². The molecule has 0 radical (unpaired) electrons. The maximum atomic E-state index is 12.5. The number of carbonyl (C=O) groups excluding carboxylic acids is 1. The van der Waals surface area contributed by atoms with Crippen molar-refractivity contribution >= 4 is 5.78 Å². The second-order valence-corrected chi connectivity index (χ2v) is 5.04. The first kappa shape index (κ1) is 15.7. The van der Waals surface area contributed by atoms with Gasteiger partial charge in [0.15, 0.2) is 5.78 Å². The second kappa shape index (κ2) is 6.71. The fraction of sp³-hybridized carbons (Fsp3) is 0.562. The van der Waals surface area contributed by atoms with Crippen molar-refractivity contribution in [1.29, 1.82) is 0 Å². The first-order valence-electron chi connectivity index (χ1n) is 6.88. The number of carbonyl (C=O) groups is 1. The number of ether oxygens (including phenoxy) is 2. The Morgan fingerprint density at radius 1 is 1.21 bits per heavy atom. The van der Waals surface area contributed by atoms with E-state index in [4.69, 9.17) is 9.47 Å². The highest BCUT2D eigenvalue weighted by molar-refractivity contribution is 6.02. The van der Waals surface area contributed by atoms with E-state index < -0.39 is 5.60 Å². The molecular formula is C16H24O3. The molecule has 1 atom stereocenters. The highest BCUT2D eigenvalue weighted by Crippen LogP contribution is 2.23. The number of rotatable bonds is 7. The number of Topliss-reactive ketones (excluding diaryl/α,β-unsaturated/α-hetero) is 1. The van der Waals surface area contributed by atoms with Gasteiger partial charge in [0, 0.05) is 12.2 Å². The summed E-state index contributed by atoms with van der Waals surface area (Å²) < 4.78 is 11.2. The Bertz CT molecular complexity index is 409. The molecule has 0 spiro atoms. The molecule has 0 N–H and O–H groups in total. The molecule has 0 aliphatic carbocycles. The molecule has 0 aliphatic heterocycles. The van der Waals surface area contributed by atoms with Crippen LogP contribution < -0.4 is 4.74 Å². The standard InChI is InChI=1S/C16H24O3/c1-6-16(5,18-7-2)15(17)13-8-10-14(11-9-13)19-12(3)4/h8-12H,6-7H2,1-5H3. The highest BCUT2D eigenvalue weighted by Gasteiger charge is 2.32. The first-order valence-corrected chi connectivity index (χ1v) is 6.88. The van der Waals surface area contributed by atoms with E-state index in [-0.39, 0.29) is 11.9 Å². The minimum atomic E-state index is -0.741. The summed E-state index contributed by atoms with van der Waals surface area (Å²) in [5, 5.41) is 0. The average molecular weight is 264 g/mol. The van der Waals surface area contributed by atoms with Crippen LogP contribution in [0.2, 0.25) is 0 Å². The smallest absolute Gasteiger partial charge is 0.194 e. The molecule has 0 heterocycles. The van der Waals surface area contributed by atoms with E-state index in [0.29, 0.717) is 18.6 Å². The van der Waals surface area contributed by atoms with Crippen molar-refractivity contribution in [2.45, 2.75) is 52.7 Å². The molecule has 0 saturated carbocycles. The fourth-order valence-electron chi connectivity index (χ4n) is 1.91. The summed E-state index contributed by atoms with van der Waals surface area (Å²) in [6, 6.07) is 7.25. The molecule has 0 aromatic heterocycles. The van der Waals surface area contributed by atoms with Crippen molar-refractivity contribution < 1.29 is 14.3 Å². The van der Waals surface area contributed by atoms with Crippen LogP contribution in [0.15, 0.2) is 24.3 Å². The first-order chi connectivity index (χ1) is 8.92. The maximum Gasteiger partial charge on any atom is 0.194 e. The molecule has 1 aromatic carbocycles. The lowest BCUT2D eigenvalue weighted by Crippen LogP contribution is -2.37. The Balaban J connectivity index is 2.88. The normalized spacial score (nSPS) is 14.2. The van der Waals surface area contributed by atoms with Crippen molar-refractivity contribution in [3.63, 3.8) is 0 Å². The van der Waals surface area contributed by atoms with Gasteiger partial charge >= 0.3 is 0 Å². The number of ketones is 1. The third kappa shape index (κ3) is 4.06. The fourth-order valence-corrected chi connectivity index (χ4v) is 1.91. The lowest BCUT2D eigenvalue weighted by atomic mass is 9.92. The quantitative estimate of drug-likeness (QED) is 0.701. The summed E-state index contributed by atoms with van der Waals surface area (Å²) in [5.41, 5.74) is -0.0799. The minimum absolute atomic E-state index is 0.0212. The predicted octanol–water partition coefficient (Wildman–Crippen LogP) is 3.86. The van der Waals surface area contributed by atoms with Gasteiger partial charge in [-0.1, -0.05) is 6.92 Å². The molecule has 106 valence electrons. The van der Waals surface area contributed by atoms with Gasteiger partial charge < -0.3 is 9.47 Å². The maximum absolute atomic E-state index is 12.5. The molecule has 3 nitrogen and oxygen atoms in total. The Morgan fingerprint density at radius 2 is 1.79 bits per heavy atom. The van der Waals surface area contributed by atoms with Crippen LogP contribution in [0.5, 0.6) is 5.75 Å². The van der Waals surface area contributed by atoms with E-state index in [0.717, 1.165) is 5.75 Å². The van der Waals surface area contributed by atoms with Crippen molar-refractivity contribution in [2.75, 3.05) is 6.61 Å². The van der Waals surface area contributed by atoms with Crippen LogP contribution in [0.25, 0.3) is 0 Å². The van der Waals surface area contributed by atoms with Gasteiger partial charge in [-0.3, -0.25) is 4.79 Å². The van der Waals surface area contributed by atoms with Gasteiger partial charge in [0.1, 0.15) is 11.4 Å². The van der Waals surface area contributed by atoms with Gasteiger partial charge in [-0.2, -0.15) is 0 Å². The number of benzene rings is 1. The van der Waals surface area contributed by atoms with Crippen LogP contribution in [0.4, 0.5) is 0 Å². The zero-order valence-corrected chi connectivity index (χ0v) is 12.5. The second-order valence-electron chi connectivity index (χ2n) is 5.04. The predicted molar refractivity (Wildman–Crippen MR) is 76.9 cm³/mol. The molecule has 1 rings (SSSR count). The summed E-state index contributed by atoms with van der Waals surface area (Å²) in [6.07, 6.45) is 0.787. The lowest BCUT2D eigenvalue weighted by molar-refractivity contribution is -0.0116. The molecule has 1 unspecified atom stereocenters. The van der Waals surface area contributed by atoms with Gasteiger partial charge in [0.05, 0.1) is 6.10 Å². The molecule has 19 heavy (non-hydrogen) atoms. The van der Waals surface area contributed by atoms with E-state index in [1.165, 1.54) is 0 Å². The summed E-state index contributed by atoms with van der Waals surface area (Å²) in [5.74, 6) is 0.800. The van der Waals surface area contributed by atoms with Crippen molar-refractivity contribution in [3.8, 4) is 5.75 Å². The Kier molecular flexibility index (Phi) is 5.55. The highest BCUT2D eigenvalue weighted by atomic mass is 16.5. The SMILES string of the molecule is CCOC(C)(CC)C(=O)c1ccc(OC(C)C)cc1. The largest absolute Gasteiger partial charge is 0.491 e. The average Bonchev–Trinajstić information content (AvgIpc) is 2.38. The molecule has 0 aliphatic rings. The van der Waals surface area contributed by atoms with E-state index in [2.05, 4.69) is 0 Å². The summed E-state index contributed by atoms with van der Waals surface area (Å²) in [6.45, 7) is 10.2. The van der Waals surface area contributed by atoms with Gasteiger partial charge in [-0.25, -0.2) is 0 Å². The third-order valence-corrected chi connectivity index (χ3v) is 3.11. The van der Waals surface area contributed by atoms with Crippen LogP contribution in [-0.4, -0.2) is 24.1 Å². The minimum Gasteiger partial charge on any atom is -0.491 e. The summed E-state index contributed by atoms with van der Waals surface area (Å²) in [4.78, 5) is 12.5. The van der Waals surface area contributed by atoms with Crippen molar-refractivity contribution in [3.05, 3.63) is 29.8 Å². The van der Waals surface area contributed by atoms with Crippen molar-refractivity contribution in [1.82, 2.24) is 0 Å². The zero-order chi connectivity index (χ0) is 14.5.